The quantitative estimate of drug-likeness (QED) is 0.888. The largest absolute Gasteiger partial charge is 0.508 e. The Bertz CT molecular complexity index is 582. The standard InChI is InChI=1S/C13H17NO4S/c1-14(10-5-4-6-11(15)9-10)13(16)12-7-2-3-8-19(12,17)18/h4-6,9,12,15H,2-3,7-8H2,1H3. The minimum absolute atomic E-state index is 0.0450. The number of carbonyl (C=O) groups excluding carboxylic acids is 1. The van der Waals surface area contributed by atoms with Crippen molar-refractivity contribution in [3.8, 4) is 5.75 Å². The van der Waals surface area contributed by atoms with E-state index in [1.807, 2.05) is 0 Å². The van der Waals surface area contributed by atoms with Crippen LogP contribution in [0.1, 0.15) is 19.3 Å². The van der Waals surface area contributed by atoms with Crippen LogP contribution < -0.4 is 4.90 Å². The van der Waals surface area contributed by atoms with Gasteiger partial charge in [0.2, 0.25) is 5.91 Å². The van der Waals surface area contributed by atoms with E-state index < -0.39 is 21.0 Å². The topological polar surface area (TPSA) is 74.7 Å². The summed E-state index contributed by atoms with van der Waals surface area (Å²) in [6.07, 6.45) is 1.76. The van der Waals surface area contributed by atoms with Crippen LogP contribution in [0.4, 0.5) is 5.69 Å². The van der Waals surface area contributed by atoms with E-state index in [-0.39, 0.29) is 11.5 Å². The number of phenols is 1. The minimum atomic E-state index is -3.34. The lowest BCUT2D eigenvalue weighted by atomic mass is 10.1. The fourth-order valence-electron chi connectivity index (χ4n) is 2.28. The maximum absolute atomic E-state index is 12.3. The average Bonchev–Trinajstić information content (AvgIpc) is 2.36. The molecule has 104 valence electrons. The molecule has 2 rings (SSSR count). The van der Waals surface area contributed by atoms with Gasteiger partial charge in [-0.15, -0.1) is 0 Å². The third-order valence-electron chi connectivity index (χ3n) is 3.40. The van der Waals surface area contributed by atoms with Crippen molar-refractivity contribution >= 4 is 21.4 Å². The molecular formula is C13H17NO4S. The molecule has 0 saturated carbocycles. The van der Waals surface area contributed by atoms with Crippen LogP contribution in [0.2, 0.25) is 0 Å². The van der Waals surface area contributed by atoms with Gasteiger partial charge in [-0.25, -0.2) is 8.42 Å². The monoisotopic (exact) mass is 283 g/mol. The van der Waals surface area contributed by atoms with E-state index in [2.05, 4.69) is 0 Å². The first-order valence-corrected chi connectivity index (χ1v) is 7.91. The number of sulfone groups is 1. The molecule has 0 aliphatic carbocycles. The molecule has 1 aliphatic heterocycles. The number of carbonyl (C=O) groups is 1. The summed E-state index contributed by atoms with van der Waals surface area (Å²) >= 11 is 0. The molecule has 1 amide bonds. The number of rotatable bonds is 2. The normalized spacial score (nSPS) is 21.8. The summed E-state index contributed by atoms with van der Waals surface area (Å²) in [5, 5.41) is 8.45. The van der Waals surface area contributed by atoms with Crippen molar-refractivity contribution < 1.29 is 18.3 Å². The first kappa shape index (κ1) is 13.9. The Labute approximate surface area is 112 Å². The Morgan fingerprint density at radius 2 is 2.11 bits per heavy atom. The van der Waals surface area contributed by atoms with Crippen LogP contribution in [0.5, 0.6) is 5.75 Å². The van der Waals surface area contributed by atoms with Crippen LogP contribution in [0.15, 0.2) is 24.3 Å². The van der Waals surface area contributed by atoms with Crippen LogP contribution in [0.3, 0.4) is 0 Å². The highest BCUT2D eigenvalue weighted by Gasteiger charge is 2.36. The fraction of sp³-hybridized carbons (Fsp3) is 0.462. The highest BCUT2D eigenvalue weighted by molar-refractivity contribution is 7.92. The molecule has 19 heavy (non-hydrogen) atoms. The van der Waals surface area contributed by atoms with E-state index in [9.17, 15) is 18.3 Å². The lowest BCUT2D eigenvalue weighted by Gasteiger charge is -2.26. The third kappa shape index (κ3) is 2.89. The van der Waals surface area contributed by atoms with Gasteiger partial charge in [0.25, 0.3) is 0 Å². The number of anilines is 1. The summed E-state index contributed by atoms with van der Waals surface area (Å²) in [6.45, 7) is 0. The Hall–Kier alpha value is -1.56. The molecule has 1 aromatic carbocycles. The summed E-state index contributed by atoms with van der Waals surface area (Å²) in [4.78, 5) is 13.6. The number of aromatic hydroxyl groups is 1. The van der Waals surface area contributed by atoms with Crippen LogP contribution in [-0.4, -0.2) is 37.5 Å². The number of phenolic OH excluding ortho intramolecular Hbond substituents is 1. The smallest absolute Gasteiger partial charge is 0.245 e. The van der Waals surface area contributed by atoms with E-state index in [0.29, 0.717) is 18.5 Å². The molecule has 1 fully saturated rings. The lowest BCUT2D eigenvalue weighted by Crippen LogP contribution is -2.43. The van der Waals surface area contributed by atoms with Gasteiger partial charge in [0.15, 0.2) is 9.84 Å². The highest BCUT2D eigenvalue weighted by Crippen LogP contribution is 2.25. The zero-order chi connectivity index (χ0) is 14.0. The molecule has 0 radical (unpaired) electrons. The van der Waals surface area contributed by atoms with E-state index in [0.717, 1.165) is 6.42 Å². The van der Waals surface area contributed by atoms with E-state index >= 15 is 0 Å². The maximum atomic E-state index is 12.3. The Morgan fingerprint density at radius 1 is 1.37 bits per heavy atom. The van der Waals surface area contributed by atoms with Crippen molar-refractivity contribution in [2.75, 3.05) is 17.7 Å². The van der Waals surface area contributed by atoms with E-state index in [1.165, 1.54) is 24.1 Å². The number of hydrogen-bond donors (Lipinski definition) is 1. The molecular weight excluding hydrogens is 266 g/mol. The number of benzene rings is 1. The highest BCUT2D eigenvalue weighted by atomic mass is 32.2. The average molecular weight is 283 g/mol. The van der Waals surface area contributed by atoms with Crippen molar-refractivity contribution in [2.24, 2.45) is 0 Å². The predicted molar refractivity (Wildman–Crippen MR) is 72.9 cm³/mol. The van der Waals surface area contributed by atoms with Gasteiger partial charge in [-0.3, -0.25) is 4.79 Å². The molecule has 1 unspecified atom stereocenters. The maximum Gasteiger partial charge on any atom is 0.245 e. The SMILES string of the molecule is CN(C(=O)C1CCCCS1(=O)=O)c1cccc(O)c1. The van der Waals surface area contributed by atoms with Gasteiger partial charge in [-0.2, -0.15) is 0 Å². The lowest BCUT2D eigenvalue weighted by molar-refractivity contribution is -0.118. The second-order valence-electron chi connectivity index (χ2n) is 4.77. The number of hydrogen-bond acceptors (Lipinski definition) is 4. The van der Waals surface area contributed by atoms with Gasteiger partial charge >= 0.3 is 0 Å². The summed E-state index contributed by atoms with van der Waals surface area (Å²) in [5.74, 6) is -0.300. The van der Waals surface area contributed by atoms with Gasteiger partial charge in [-0.05, 0) is 25.0 Å². The van der Waals surface area contributed by atoms with Crippen molar-refractivity contribution in [3.05, 3.63) is 24.3 Å². The summed E-state index contributed by atoms with van der Waals surface area (Å²) in [7, 11) is -1.81. The van der Waals surface area contributed by atoms with Gasteiger partial charge in [0.1, 0.15) is 11.0 Å². The second kappa shape index (κ2) is 5.21. The third-order valence-corrected chi connectivity index (χ3v) is 5.56. The van der Waals surface area contributed by atoms with Crippen LogP contribution >= 0.6 is 0 Å². The first-order chi connectivity index (χ1) is 8.92. The van der Waals surface area contributed by atoms with Gasteiger partial charge in [0, 0.05) is 18.8 Å². The van der Waals surface area contributed by atoms with Crippen molar-refractivity contribution in [1.82, 2.24) is 0 Å². The molecule has 1 heterocycles. The van der Waals surface area contributed by atoms with E-state index in [4.69, 9.17) is 0 Å². The van der Waals surface area contributed by atoms with Crippen LogP contribution in [0, 0.1) is 0 Å². The summed E-state index contributed by atoms with van der Waals surface area (Å²) < 4.78 is 23.9. The predicted octanol–water partition coefficient (Wildman–Crippen LogP) is 1.32. The van der Waals surface area contributed by atoms with Gasteiger partial charge in [0.05, 0.1) is 5.75 Å². The molecule has 0 bridgehead atoms. The first-order valence-electron chi connectivity index (χ1n) is 6.20. The van der Waals surface area contributed by atoms with E-state index in [1.54, 1.807) is 12.1 Å². The fourth-order valence-corrected chi connectivity index (χ4v) is 4.16. The van der Waals surface area contributed by atoms with Crippen molar-refractivity contribution in [1.29, 1.82) is 0 Å². The second-order valence-corrected chi connectivity index (χ2v) is 7.07. The Morgan fingerprint density at radius 3 is 2.74 bits per heavy atom. The Balaban J connectivity index is 2.24. The van der Waals surface area contributed by atoms with Crippen LogP contribution in [0.25, 0.3) is 0 Å². The molecule has 1 saturated heterocycles. The molecule has 1 N–H and O–H groups in total. The zero-order valence-corrected chi connectivity index (χ0v) is 11.6. The number of nitrogens with zero attached hydrogens (tertiary/aromatic N) is 1. The molecule has 5 nitrogen and oxygen atoms in total. The zero-order valence-electron chi connectivity index (χ0n) is 10.7. The van der Waals surface area contributed by atoms with Crippen molar-refractivity contribution in [3.63, 3.8) is 0 Å². The Kier molecular flexibility index (Phi) is 3.80. The summed E-state index contributed by atoms with van der Waals surface area (Å²) in [5.41, 5.74) is 0.491. The van der Waals surface area contributed by atoms with Gasteiger partial charge in [-0.1, -0.05) is 12.5 Å². The van der Waals surface area contributed by atoms with Crippen molar-refractivity contribution in [2.45, 2.75) is 24.5 Å². The molecule has 1 atom stereocenters. The molecule has 6 heteroatoms. The molecule has 1 aromatic rings. The minimum Gasteiger partial charge on any atom is -0.508 e. The van der Waals surface area contributed by atoms with Gasteiger partial charge < -0.3 is 10.0 Å². The molecule has 0 aromatic heterocycles. The molecule has 0 spiro atoms. The summed E-state index contributed by atoms with van der Waals surface area (Å²) in [6, 6.07) is 6.21. The number of amides is 1. The van der Waals surface area contributed by atoms with Crippen LogP contribution in [-0.2, 0) is 14.6 Å². The molecule has 1 aliphatic rings.